The number of carbonyl (C=O) groups excluding carboxylic acids is 6. The Morgan fingerprint density at radius 3 is 1.73 bits per heavy atom. The highest BCUT2D eigenvalue weighted by Gasteiger charge is 2.66. The second-order valence-electron chi connectivity index (χ2n) is 20.4. The molecule has 5 rings (SSSR count). The van der Waals surface area contributed by atoms with Gasteiger partial charge in [0, 0.05) is 98.8 Å². The maximum absolute atomic E-state index is 13.9. The number of carbonyl (C=O) groups is 6. The first-order valence-corrected chi connectivity index (χ1v) is 23.5. The molecule has 0 spiro atoms. The van der Waals surface area contributed by atoms with E-state index in [1.54, 1.807) is 0 Å². The van der Waals surface area contributed by atoms with Gasteiger partial charge in [-0.25, -0.2) is 0 Å². The number of aliphatic imine (C=N–C) groups is 3. The van der Waals surface area contributed by atoms with E-state index in [1.165, 1.54) is 42.7 Å². The molecular weight excluding hydrogens is 861 g/mol. The zero-order valence-electron chi connectivity index (χ0n) is 42.5. The number of nitrogens with one attached hydrogen (secondary N) is 1. The first-order valence-electron chi connectivity index (χ1n) is 23.5. The molecule has 0 aromatic rings. The fourth-order valence-electron chi connectivity index (χ4n) is 12.3. The lowest BCUT2D eigenvalue weighted by molar-refractivity contribution is -0.147. The zero-order valence-corrected chi connectivity index (χ0v) is 42.5. The summed E-state index contributed by atoms with van der Waals surface area (Å²) in [6.45, 7) is 18.3. The van der Waals surface area contributed by atoms with Gasteiger partial charge < -0.3 is 33.7 Å². The Morgan fingerprint density at radius 2 is 1.18 bits per heavy atom. The molecule has 5 heterocycles. The molecule has 0 amide bonds. The Labute approximate surface area is 396 Å². The standard InChI is InChI=1S/C51H74N4O12/c1-16-17-32-43-29(3)45-49(7,26-40(60)66-14)30(18-20-36(56)62-10)34(52-45)25-35-47(4,5)31(19-21-37(57)63-11)42(53-35)28(2)44-48(6,23-22-38(58)64-12)33(24-39(59)65-13)46(54-44)51(9,55-43)50(32,8)27-41(61)67-15/h25,30-33,46,52H,16-24,26-27H2,1-15H3/b34-25-,42-28-,45-29?/t30-,31-,32-,33+,46?,48-,49+,50+,51+/m1/s1. The molecule has 16 heteroatoms. The van der Waals surface area contributed by atoms with Gasteiger partial charge in [-0.3, -0.25) is 43.7 Å². The number of methoxy groups -OCH3 is 6. The number of allylic oxidation sites excluding steroid dienone is 6. The smallest absolute Gasteiger partial charge is 0.306 e. The van der Waals surface area contributed by atoms with Gasteiger partial charge in [0.05, 0.1) is 73.5 Å². The van der Waals surface area contributed by atoms with Crippen LogP contribution in [-0.4, -0.2) is 107 Å². The molecule has 0 radical (unpaired) electrons. The third kappa shape index (κ3) is 9.39. The maximum atomic E-state index is 13.9. The van der Waals surface area contributed by atoms with Crippen molar-refractivity contribution in [2.24, 2.45) is 60.3 Å². The number of ether oxygens (including phenoxy) is 6. The molecule has 1 N–H and O–H groups in total. The minimum absolute atomic E-state index is 0.0165. The predicted octanol–water partition coefficient (Wildman–Crippen LogP) is 7.39. The van der Waals surface area contributed by atoms with E-state index in [1.807, 2.05) is 40.7 Å². The van der Waals surface area contributed by atoms with Gasteiger partial charge in [-0.05, 0) is 63.7 Å². The molecule has 16 nitrogen and oxygen atoms in total. The molecule has 9 atom stereocenters. The lowest BCUT2D eigenvalue weighted by Crippen LogP contribution is -2.55. The van der Waals surface area contributed by atoms with E-state index < -0.39 is 74.9 Å². The number of hydrogen-bond acceptors (Lipinski definition) is 16. The van der Waals surface area contributed by atoms with Gasteiger partial charge in [0.2, 0.25) is 0 Å². The summed E-state index contributed by atoms with van der Waals surface area (Å²) < 4.78 is 31.7. The van der Waals surface area contributed by atoms with Crippen molar-refractivity contribution in [1.29, 1.82) is 0 Å². The largest absolute Gasteiger partial charge is 0.469 e. The Kier molecular flexibility index (Phi) is 15.9. The van der Waals surface area contributed by atoms with Gasteiger partial charge in [-0.15, -0.1) is 0 Å². The first kappa shape index (κ1) is 52.8. The Bertz CT molecular complexity index is 2220. The highest BCUT2D eigenvalue weighted by molar-refractivity contribution is 6.10. The minimum atomic E-state index is -1.20. The number of fused-ring (bicyclic) bond motifs is 6. The van der Waals surface area contributed by atoms with Crippen molar-refractivity contribution in [3.05, 3.63) is 34.3 Å². The molecule has 1 saturated heterocycles. The average molecular weight is 935 g/mol. The molecule has 0 aliphatic carbocycles. The topological polar surface area (TPSA) is 207 Å². The van der Waals surface area contributed by atoms with Crippen molar-refractivity contribution in [2.45, 2.75) is 145 Å². The lowest BCUT2D eigenvalue weighted by Gasteiger charge is -2.48. The summed E-state index contributed by atoms with van der Waals surface area (Å²) in [5, 5.41) is 3.79. The number of hydrogen-bond donors (Lipinski definition) is 1. The molecule has 5 aliphatic rings. The minimum Gasteiger partial charge on any atom is -0.469 e. The van der Waals surface area contributed by atoms with Crippen molar-refractivity contribution in [3.8, 4) is 0 Å². The molecule has 1 fully saturated rings. The van der Waals surface area contributed by atoms with Crippen LogP contribution in [0.25, 0.3) is 0 Å². The van der Waals surface area contributed by atoms with Gasteiger partial charge in [-0.2, -0.15) is 0 Å². The molecule has 0 aromatic carbocycles. The van der Waals surface area contributed by atoms with Crippen molar-refractivity contribution in [2.75, 3.05) is 42.7 Å². The Balaban J connectivity index is 2.03. The Hall–Kier alpha value is -5.15. The second-order valence-corrected chi connectivity index (χ2v) is 20.4. The Morgan fingerprint density at radius 1 is 0.642 bits per heavy atom. The summed E-state index contributed by atoms with van der Waals surface area (Å²) in [5.41, 5.74) is 0.879. The van der Waals surface area contributed by atoms with Crippen LogP contribution in [0.15, 0.2) is 49.3 Å². The summed E-state index contributed by atoms with van der Waals surface area (Å²) in [5.74, 6) is -4.32. The van der Waals surface area contributed by atoms with Crippen LogP contribution in [0.5, 0.6) is 0 Å². The quantitative estimate of drug-likeness (QED) is 0.112. The van der Waals surface area contributed by atoms with Gasteiger partial charge in [0.25, 0.3) is 0 Å². The lowest BCUT2D eigenvalue weighted by atomic mass is 9.55. The van der Waals surface area contributed by atoms with E-state index in [0.717, 1.165) is 29.0 Å². The van der Waals surface area contributed by atoms with Crippen LogP contribution in [0.2, 0.25) is 0 Å². The van der Waals surface area contributed by atoms with E-state index in [9.17, 15) is 28.8 Å². The first-order chi connectivity index (χ1) is 31.4. The third-order valence-corrected chi connectivity index (χ3v) is 16.5. The van der Waals surface area contributed by atoms with E-state index in [2.05, 4.69) is 33.0 Å². The summed E-state index contributed by atoms with van der Waals surface area (Å²) >= 11 is 0. The van der Waals surface area contributed by atoms with Crippen LogP contribution < -0.4 is 5.32 Å². The summed E-state index contributed by atoms with van der Waals surface area (Å²) in [6.07, 6.45) is 4.31. The normalized spacial score (nSPS) is 33.4. The van der Waals surface area contributed by atoms with Crippen LogP contribution >= 0.6 is 0 Å². The number of esters is 6. The molecule has 0 aromatic heterocycles. The van der Waals surface area contributed by atoms with Crippen LogP contribution in [0.1, 0.15) is 133 Å². The highest BCUT2D eigenvalue weighted by Crippen LogP contribution is 2.62. The van der Waals surface area contributed by atoms with Crippen molar-refractivity contribution in [1.82, 2.24) is 5.32 Å². The van der Waals surface area contributed by atoms with Gasteiger partial charge in [-0.1, -0.05) is 48.0 Å². The monoisotopic (exact) mass is 935 g/mol. The maximum Gasteiger partial charge on any atom is 0.306 e. The molecule has 1 unspecified atom stereocenters. The molecular formula is C51H74N4O12. The summed E-state index contributed by atoms with van der Waals surface area (Å²) in [4.78, 5) is 97.3. The van der Waals surface area contributed by atoms with Crippen LogP contribution in [0, 0.1) is 45.3 Å². The van der Waals surface area contributed by atoms with Crippen LogP contribution in [0.3, 0.4) is 0 Å². The predicted molar refractivity (Wildman–Crippen MR) is 252 cm³/mol. The fraction of sp³-hybridized carbons (Fsp3) is 0.706. The fourth-order valence-corrected chi connectivity index (χ4v) is 12.3. The molecule has 8 bridgehead atoms. The second kappa shape index (κ2) is 20.2. The van der Waals surface area contributed by atoms with Crippen molar-refractivity contribution >= 4 is 53.0 Å². The van der Waals surface area contributed by atoms with Gasteiger partial charge in [0.1, 0.15) is 0 Å². The molecule has 67 heavy (non-hydrogen) atoms. The SMILES string of the molecule is CCC[C@@H]1C2=N[C@@](C)(C3N=C(/C(C)=C4N=C(/C=C5\NC(=C2C)[C@@](C)(CC(=O)OC)[C@@H]5CCC(=O)OC)C(C)(C)[C@@H]\4CCC(=O)OC)[C@](C)(CCC(=O)OC)[C@H]3CC(=O)OC)[C@@]1(C)CC(=O)OC. The molecule has 5 aliphatic heterocycles. The zero-order chi connectivity index (χ0) is 50.0. The van der Waals surface area contributed by atoms with Gasteiger partial charge >= 0.3 is 35.8 Å². The molecule has 370 valence electrons. The highest BCUT2D eigenvalue weighted by atomic mass is 16.5. The van der Waals surface area contributed by atoms with E-state index >= 15 is 0 Å². The molecule has 0 saturated carbocycles. The van der Waals surface area contributed by atoms with Crippen LogP contribution in [0.4, 0.5) is 0 Å². The van der Waals surface area contributed by atoms with Crippen LogP contribution in [-0.2, 0) is 57.2 Å². The van der Waals surface area contributed by atoms with E-state index in [0.29, 0.717) is 42.1 Å². The summed E-state index contributed by atoms with van der Waals surface area (Å²) in [6, 6.07) is -0.764. The van der Waals surface area contributed by atoms with Crippen molar-refractivity contribution < 1.29 is 57.2 Å². The van der Waals surface area contributed by atoms with E-state index in [4.69, 9.17) is 43.4 Å². The van der Waals surface area contributed by atoms with E-state index in [-0.39, 0.29) is 62.8 Å². The van der Waals surface area contributed by atoms with Crippen molar-refractivity contribution in [3.63, 3.8) is 0 Å². The van der Waals surface area contributed by atoms with Gasteiger partial charge in [0.15, 0.2) is 0 Å². The summed E-state index contributed by atoms with van der Waals surface area (Å²) in [7, 11) is 8.11. The number of nitrogens with zero attached hydrogens (tertiary/aromatic N) is 3. The average Bonchev–Trinajstić information content (AvgIpc) is 3.91. The number of rotatable bonds is 17. The third-order valence-electron chi connectivity index (χ3n) is 16.5.